The molecule has 1 aliphatic heterocycles. The summed E-state index contributed by atoms with van der Waals surface area (Å²) in [4.78, 5) is 13.2. The second-order valence-corrected chi connectivity index (χ2v) is 8.13. The van der Waals surface area contributed by atoms with E-state index < -0.39 is 6.10 Å². The lowest BCUT2D eigenvalue weighted by Crippen LogP contribution is -2.21. The summed E-state index contributed by atoms with van der Waals surface area (Å²) < 4.78 is 31.7. The molecule has 0 aromatic heterocycles. The molecule has 0 aliphatic carbocycles. The first-order chi connectivity index (χ1) is 16.7. The maximum Gasteiger partial charge on any atom is 0.174 e. The first-order valence-electron chi connectivity index (χ1n) is 11.1. The lowest BCUT2D eigenvalue weighted by atomic mass is 9.95. The standard InChI is InChI=1S/C29H23FO4/c30-23-13-11-22(12-14-23)26-17-25(31)29-27(33-19-21-9-5-2-6-10-21)15-24(16-28(29)34-26)32-18-20-7-3-1-4-8-20/h1-16,26H,17-19H2. The number of Topliss-reactive ketones (excluding diaryl/α,β-unsaturated/α-hetero) is 1. The van der Waals surface area contributed by atoms with Crippen LogP contribution < -0.4 is 14.2 Å². The van der Waals surface area contributed by atoms with Gasteiger partial charge in [0.25, 0.3) is 0 Å². The van der Waals surface area contributed by atoms with Gasteiger partial charge in [-0.2, -0.15) is 0 Å². The molecule has 1 atom stereocenters. The number of ether oxygens (including phenoxy) is 3. The Morgan fingerprint density at radius 3 is 2.06 bits per heavy atom. The second-order valence-electron chi connectivity index (χ2n) is 8.13. The molecular formula is C29H23FO4. The van der Waals surface area contributed by atoms with Gasteiger partial charge in [0.2, 0.25) is 0 Å². The van der Waals surface area contributed by atoms with Gasteiger partial charge in [-0.3, -0.25) is 4.79 Å². The zero-order chi connectivity index (χ0) is 23.3. The van der Waals surface area contributed by atoms with Gasteiger partial charge in [0.15, 0.2) is 5.78 Å². The van der Waals surface area contributed by atoms with Crippen molar-refractivity contribution < 1.29 is 23.4 Å². The number of hydrogen-bond acceptors (Lipinski definition) is 4. The molecule has 1 aliphatic rings. The number of carbonyl (C=O) groups excluding carboxylic acids is 1. The Balaban J connectivity index is 1.45. The van der Waals surface area contributed by atoms with Crippen LogP contribution in [0.4, 0.5) is 4.39 Å². The number of halogens is 1. The van der Waals surface area contributed by atoms with Crippen LogP contribution >= 0.6 is 0 Å². The van der Waals surface area contributed by atoms with Crippen LogP contribution in [0.1, 0.15) is 39.6 Å². The highest BCUT2D eigenvalue weighted by molar-refractivity contribution is 6.02. The molecule has 1 unspecified atom stereocenters. The molecule has 0 spiro atoms. The van der Waals surface area contributed by atoms with E-state index in [1.165, 1.54) is 12.1 Å². The minimum Gasteiger partial charge on any atom is -0.489 e. The SMILES string of the molecule is O=C1CC(c2ccc(F)cc2)Oc2cc(OCc3ccccc3)cc(OCc3ccccc3)c21. The Kier molecular flexibility index (Phi) is 6.25. The van der Waals surface area contributed by atoms with Gasteiger partial charge in [0, 0.05) is 12.1 Å². The van der Waals surface area contributed by atoms with Crippen LogP contribution in [-0.2, 0) is 13.2 Å². The molecule has 170 valence electrons. The molecule has 5 rings (SSSR count). The summed E-state index contributed by atoms with van der Waals surface area (Å²) in [5.74, 6) is 0.942. The predicted molar refractivity (Wildman–Crippen MR) is 127 cm³/mol. The zero-order valence-corrected chi connectivity index (χ0v) is 18.4. The fraction of sp³-hybridized carbons (Fsp3) is 0.138. The number of fused-ring (bicyclic) bond motifs is 1. The van der Waals surface area contributed by atoms with Crippen LogP contribution in [0.2, 0.25) is 0 Å². The van der Waals surface area contributed by atoms with Crippen LogP contribution in [-0.4, -0.2) is 5.78 Å². The Morgan fingerprint density at radius 2 is 1.41 bits per heavy atom. The molecule has 4 aromatic carbocycles. The summed E-state index contributed by atoms with van der Waals surface area (Å²) in [6.07, 6.45) is -0.364. The highest BCUT2D eigenvalue weighted by atomic mass is 19.1. The van der Waals surface area contributed by atoms with Gasteiger partial charge in [-0.15, -0.1) is 0 Å². The average molecular weight is 454 g/mol. The molecule has 0 amide bonds. The summed E-state index contributed by atoms with van der Waals surface area (Å²) >= 11 is 0. The minimum absolute atomic E-state index is 0.0896. The molecule has 34 heavy (non-hydrogen) atoms. The van der Waals surface area contributed by atoms with Gasteiger partial charge in [0.05, 0.1) is 6.42 Å². The number of rotatable bonds is 7. The smallest absolute Gasteiger partial charge is 0.174 e. The Morgan fingerprint density at radius 1 is 0.794 bits per heavy atom. The quantitative estimate of drug-likeness (QED) is 0.312. The predicted octanol–water partition coefficient (Wildman–Crippen LogP) is 6.69. The molecule has 4 aromatic rings. The Labute approximate surface area is 197 Å². The van der Waals surface area contributed by atoms with Crippen LogP contribution in [0.3, 0.4) is 0 Å². The van der Waals surface area contributed by atoms with E-state index in [1.54, 1.807) is 24.3 Å². The summed E-state index contributed by atoms with van der Waals surface area (Å²) in [6.45, 7) is 0.678. The Bertz CT molecular complexity index is 1270. The van der Waals surface area contributed by atoms with Gasteiger partial charge >= 0.3 is 0 Å². The van der Waals surface area contributed by atoms with Gasteiger partial charge in [-0.05, 0) is 28.8 Å². The van der Waals surface area contributed by atoms with E-state index in [0.717, 1.165) is 16.7 Å². The maximum atomic E-state index is 13.4. The third-order valence-corrected chi connectivity index (χ3v) is 5.69. The first kappa shape index (κ1) is 21.7. The molecular weight excluding hydrogens is 431 g/mol. The number of benzene rings is 4. The summed E-state index contributed by atoms with van der Waals surface area (Å²) in [5.41, 5.74) is 3.15. The third-order valence-electron chi connectivity index (χ3n) is 5.69. The summed E-state index contributed by atoms with van der Waals surface area (Å²) in [5, 5.41) is 0. The highest BCUT2D eigenvalue weighted by Gasteiger charge is 2.31. The van der Waals surface area contributed by atoms with Gasteiger partial charge in [-0.1, -0.05) is 72.8 Å². The van der Waals surface area contributed by atoms with Crippen molar-refractivity contribution in [3.63, 3.8) is 0 Å². The lowest BCUT2D eigenvalue weighted by molar-refractivity contribution is 0.0841. The van der Waals surface area contributed by atoms with Crippen molar-refractivity contribution in [1.29, 1.82) is 0 Å². The number of hydrogen-bond donors (Lipinski definition) is 0. The summed E-state index contributed by atoms with van der Waals surface area (Å²) in [7, 11) is 0. The van der Waals surface area contributed by atoms with Crippen LogP contribution in [0.5, 0.6) is 17.2 Å². The minimum atomic E-state index is -0.507. The van der Waals surface area contributed by atoms with Crippen molar-refractivity contribution in [2.75, 3.05) is 0 Å². The van der Waals surface area contributed by atoms with Crippen LogP contribution in [0.15, 0.2) is 97.1 Å². The van der Waals surface area contributed by atoms with E-state index in [2.05, 4.69) is 0 Å². The van der Waals surface area contributed by atoms with Crippen molar-refractivity contribution in [3.8, 4) is 17.2 Å². The van der Waals surface area contributed by atoms with Crippen molar-refractivity contribution in [2.24, 2.45) is 0 Å². The number of ketones is 1. The third kappa shape index (κ3) is 4.94. The highest BCUT2D eigenvalue weighted by Crippen LogP contribution is 2.43. The molecule has 5 heteroatoms. The van der Waals surface area contributed by atoms with E-state index in [0.29, 0.717) is 36.0 Å². The van der Waals surface area contributed by atoms with Gasteiger partial charge in [0.1, 0.15) is 47.9 Å². The van der Waals surface area contributed by atoms with Crippen LogP contribution in [0, 0.1) is 5.82 Å². The molecule has 0 radical (unpaired) electrons. The molecule has 0 saturated carbocycles. The van der Waals surface area contributed by atoms with E-state index >= 15 is 0 Å². The monoisotopic (exact) mass is 454 g/mol. The van der Waals surface area contributed by atoms with Crippen molar-refractivity contribution in [2.45, 2.75) is 25.7 Å². The largest absolute Gasteiger partial charge is 0.489 e. The van der Waals surface area contributed by atoms with Crippen molar-refractivity contribution >= 4 is 5.78 Å². The molecule has 0 saturated heterocycles. The van der Waals surface area contributed by atoms with E-state index in [1.807, 2.05) is 60.7 Å². The van der Waals surface area contributed by atoms with E-state index in [4.69, 9.17) is 14.2 Å². The molecule has 0 fully saturated rings. The molecule has 0 bridgehead atoms. The maximum absolute atomic E-state index is 13.4. The van der Waals surface area contributed by atoms with E-state index in [-0.39, 0.29) is 18.0 Å². The average Bonchev–Trinajstić information content (AvgIpc) is 2.87. The van der Waals surface area contributed by atoms with Crippen LogP contribution in [0.25, 0.3) is 0 Å². The van der Waals surface area contributed by atoms with Gasteiger partial charge in [-0.25, -0.2) is 4.39 Å². The second kappa shape index (κ2) is 9.79. The molecule has 1 heterocycles. The van der Waals surface area contributed by atoms with E-state index in [9.17, 15) is 9.18 Å². The molecule has 4 nitrogen and oxygen atoms in total. The zero-order valence-electron chi connectivity index (χ0n) is 18.4. The Hall–Kier alpha value is -4.12. The fourth-order valence-corrected chi connectivity index (χ4v) is 3.94. The first-order valence-corrected chi connectivity index (χ1v) is 11.1. The normalized spacial score (nSPS) is 14.7. The topological polar surface area (TPSA) is 44.8 Å². The number of carbonyl (C=O) groups is 1. The fourth-order valence-electron chi connectivity index (χ4n) is 3.94. The van der Waals surface area contributed by atoms with Crippen molar-refractivity contribution in [3.05, 3.63) is 125 Å². The lowest BCUT2D eigenvalue weighted by Gasteiger charge is -2.27. The summed E-state index contributed by atoms with van der Waals surface area (Å²) in [6, 6.07) is 29.0. The van der Waals surface area contributed by atoms with Crippen molar-refractivity contribution in [1.82, 2.24) is 0 Å². The van der Waals surface area contributed by atoms with Gasteiger partial charge < -0.3 is 14.2 Å². The molecule has 0 N–H and O–H groups in total.